The highest BCUT2D eigenvalue weighted by molar-refractivity contribution is 7.92. The van der Waals surface area contributed by atoms with E-state index in [0.29, 0.717) is 23.5 Å². The molecule has 0 aliphatic heterocycles. The Bertz CT molecular complexity index is 1310. The monoisotopic (exact) mass is 499 g/mol. The normalized spacial score (nSPS) is 11.2. The molecule has 0 atom stereocenters. The van der Waals surface area contributed by atoms with E-state index in [1.165, 1.54) is 18.2 Å². The van der Waals surface area contributed by atoms with E-state index in [2.05, 4.69) is 15.4 Å². The van der Waals surface area contributed by atoms with Crippen LogP contribution < -0.4 is 15.4 Å². The predicted molar refractivity (Wildman–Crippen MR) is 135 cm³/mol. The third kappa shape index (κ3) is 6.36. The molecule has 0 spiro atoms. The minimum Gasteiger partial charge on any atom is -0.352 e. The van der Waals surface area contributed by atoms with Crippen molar-refractivity contribution in [2.24, 2.45) is 5.92 Å². The van der Waals surface area contributed by atoms with Crippen molar-refractivity contribution >= 4 is 44.8 Å². The van der Waals surface area contributed by atoms with Crippen molar-refractivity contribution < 1.29 is 18.0 Å². The van der Waals surface area contributed by atoms with Crippen molar-refractivity contribution in [1.29, 1.82) is 0 Å². The zero-order valence-corrected chi connectivity index (χ0v) is 20.6. The van der Waals surface area contributed by atoms with Gasteiger partial charge in [0.1, 0.15) is 4.90 Å². The molecule has 9 heteroatoms. The maximum Gasteiger partial charge on any atom is 0.263 e. The lowest BCUT2D eigenvalue weighted by Crippen LogP contribution is -2.28. The van der Waals surface area contributed by atoms with Gasteiger partial charge in [-0.05, 0) is 55.3 Å². The summed E-state index contributed by atoms with van der Waals surface area (Å²) in [4.78, 5) is 25.3. The second kappa shape index (κ2) is 10.7. The first kappa shape index (κ1) is 25.3. The zero-order valence-electron chi connectivity index (χ0n) is 19.1. The Morgan fingerprint density at radius 3 is 2.29 bits per heavy atom. The van der Waals surface area contributed by atoms with Crippen LogP contribution in [0.3, 0.4) is 0 Å². The number of rotatable bonds is 8. The number of aryl methyl sites for hydroxylation is 1. The molecule has 0 aliphatic carbocycles. The predicted octanol–water partition coefficient (Wildman–Crippen LogP) is 5.09. The molecule has 3 aromatic rings. The van der Waals surface area contributed by atoms with E-state index in [0.717, 1.165) is 5.56 Å². The molecule has 0 heterocycles. The minimum absolute atomic E-state index is 0.0235. The van der Waals surface area contributed by atoms with Gasteiger partial charge in [0.05, 0.1) is 16.3 Å². The largest absolute Gasteiger partial charge is 0.352 e. The third-order valence-electron chi connectivity index (χ3n) is 4.88. The van der Waals surface area contributed by atoms with Gasteiger partial charge in [-0.25, -0.2) is 8.42 Å². The number of sulfonamides is 1. The van der Waals surface area contributed by atoms with Gasteiger partial charge < -0.3 is 10.6 Å². The number of halogens is 1. The number of anilines is 2. The molecule has 0 fully saturated rings. The fourth-order valence-electron chi connectivity index (χ4n) is 3.06. The Labute approximate surface area is 204 Å². The lowest BCUT2D eigenvalue weighted by molar-refractivity contribution is 0.0950. The molecule has 178 valence electrons. The van der Waals surface area contributed by atoms with E-state index in [-0.39, 0.29) is 27.3 Å². The molecule has 0 radical (unpaired) electrons. The summed E-state index contributed by atoms with van der Waals surface area (Å²) in [6.07, 6.45) is 0. The Hall–Kier alpha value is -3.36. The lowest BCUT2D eigenvalue weighted by Gasteiger charge is -2.14. The number of benzene rings is 3. The average Bonchev–Trinajstić information content (AvgIpc) is 2.79. The number of hydrogen-bond donors (Lipinski definition) is 3. The summed E-state index contributed by atoms with van der Waals surface area (Å²) in [7, 11) is -4.05. The summed E-state index contributed by atoms with van der Waals surface area (Å²) in [6.45, 7) is 6.35. The Morgan fingerprint density at radius 2 is 1.62 bits per heavy atom. The van der Waals surface area contributed by atoms with E-state index in [1.807, 2.05) is 20.8 Å². The van der Waals surface area contributed by atoms with Gasteiger partial charge >= 0.3 is 0 Å². The van der Waals surface area contributed by atoms with Gasteiger partial charge in [0, 0.05) is 17.8 Å². The molecule has 0 aliphatic rings. The maximum atomic E-state index is 12.9. The summed E-state index contributed by atoms with van der Waals surface area (Å²) < 4.78 is 28.3. The first-order valence-corrected chi connectivity index (χ1v) is 12.5. The van der Waals surface area contributed by atoms with Crippen LogP contribution >= 0.6 is 11.6 Å². The van der Waals surface area contributed by atoms with Gasteiger partial charge in [-0.3, -0.25) is 14.3 Å². The Balaban J connectivity index is 1.84. The van der Waals surface area contributed by atoms with Crippen molar-refractivity contribution in [1.82, 2.24) is 5.32 Å². The van der Waals surface area contributed by atoms with E-state index in [1.54, 1.807) is 48.5 Å². The minimum atomic E-state index is -4.05. The molecule has 0 bridgehead atoms. The van der Waals surface area contributed by atoms with Crippen LogP contribution in [0.2, 0.25) is 5.02 Å². The van der Waals surface area contributed by atoms with Crippen LogP contribution in [0.5, 0.6) is 0 Å². The summed E-state index contributed by atoms with van der Waals surface area (Å²) in [5, 5.41) is 5.49. The van der Waals surface area contributed by atoms with Crippen LogP contribution in [0, 0.1) is 12.8 Å². The van der Waals surface area contributed by atoms with Crippen molar-refractivity contribution in [3.63, 3.8) is 0 Å². The smallest absolute Gasteiger partial charge is 0.263 e. The highest BCUT2D eigenvalue weighted by Gasteiger charge is 2.21. The topological polar surface area (TPSA) is 104 Å². The van der Waals surface area contributed by atoms with E-state index in [4.69, 9.17) is 11.6 Å². The number of nitrogens with one attached hydrogen (secondary N) is 3. The molecule has 0 unspecified atom stereocenters. The van der Waals surface area contributed by atoms with Gasteiger partial charge in [0.25, 0.3) is 21.8 Å². The lowest BCUT2D eigenvalue weighted by atomic mass is 10.1. The number of carbonyl (C=O) groups is 2. The van der Waals surface area contributed by atoms with Crippen molar-refractivity contribution in [2.75, 3.05) is 16.6 Å². The molecule has 3 N–H and O–H groups in total. The fourth-order valence-corrected chi connectivity index (χ4v) is 4.64. The molecule has 0 aromatic heterocycles. The molecule has 3 aromatic carbocycles. The van der Waals surface area contributed by atoms with Gasteiger partial charge in [-0.15, -0.1) is 0 Å². The van der Waals surface area contributed by atoms with Crippen LogP contribution in [0.4, 0.5) is 11.4 Å². The van der Waals surface area contributed by atoms with E-state index < -0.39 is 15.9 Å². The fraction of sp³-hybridized carbons (Fsp3) is 0.200. The maximum absolute atomic E-state index is 12.9. The zero-order chi connectivity index (χ0) is 24.9. The highest BCUT2D eigenvalue weighted by atomic mass is 35.5. The summed E-state index contributed by atoms with van der Waals surface area (Å²) in [5.74, 6) is -0.618. The highest BCUT2D eigenvalue weighted by Crippen LogP contribution is 2.26. The van der Waals surface area contributed by atoms with E-state index in [9.17, 15) is 18.0 Å². The van der Waals surface area contributed by atoms with Crippen molar-refractivity contribution in [2.45, 2.75) is 25.7 Å². The molecule has 0 saturated heterocycles. The van der Waals surface area contributed by atoms with Crippen LogP contribution in [0.15, 0.2) is 71.6 Å². The summed E-state index contributed by atoms with van der Waals surface area (Å²) in [5.41, 5.74) is 2.05. The quantitative estimate of drug-likeness (QED) is 0.401. The van der Waals surface area contributed by atoms with Crippen LogP contribution in [-0.2, 0) is 10.0 Å². The van der Waals surface area contributed by atoms with Crippen LogP contribution in [0.25, 0.3) is 0 Å². The second-order valence-corrected chi connectivity index (χ2v) is 10.3. The van der Waals surface area contributed by atoms with Crippen molar-refractivity contribution in [3.8, 4) is 0 Å². The number of para-hydroxylation sites is 1. The molecule has 2 amide bonds. The third-order valence-corrected chi connectivity index (χ3v) is 6.74. The SMILES string of the molecule is Cc1ccc(NS(=O)(=O)c2cc(C(=O)Nc3ccccc3C(=O)NCC(C)C)ccc2Cl)cc1. The van der Waals surface area contributed by atoms with Gasteiger partial charge in [0.15, 0.2) is 0 Å². The molecule has 0 saturated carbocycles. The second-order valence-electron chi connectivity index (χ2n) is 8.22. The van der Waals surface area contributed by atoms with Crippen LogP contribution in [0.1, 0.15) is 40.1 Å². The van der Waals surface area contributed by atoms with Crippen molar-refractivity contribution in [3.05, 3.63) is 88.4 Å². The Kier molecular flexibility index (Phi) is 7.96. The van der Waals surface area contributed by atoms with Gasteiger partial charge in [-0.2, -0.15) is 0 Å². The number of carbonyl (C=O) groups excluding carboxylic acids is 2. The molecule has 7 nitrogen and oxygen atoms in total. The first-order chi connectivity index (χ1) is 16.1. The molecular weight excluding hydrogens is 474 g/mol. The molecule has 34 heavy (non-hydrogen) atoms. The average molecular weight is 500 g/mol. The Morgan fingerprint density at radius 1 is 0.941 bits per heavy atom. The number of amides is 2. The molecule has 3 rings (SSSR count). The summed E-state index contributed by atoms with van der Waals surface area (Å²) in [6, 6.07) is 17.4. The summed E-state index contributed by atoms with van der Waals surface area (Å²) >= 11 is 6.16. The van der Waals surface area contributed by atoms with E-state index >= 15 is 0 Å². The van der Waals surface area contributed by atoms with Gasteiger partial charge in [-0.1, -0.05) is 55.3 Å². The first-order valence-electron chi connectivity index (χ1n) is 10.6. The van der Waals surface area contributed by atoms with Crippen LogP contribution in [-0.4, -0.2) is 26.8 Å². The standard InChI is InChI=1S/C25H26ClN3O4S/c1-16(2)15-27-25(31)20-6-4-5-7-22(20)28-24(30)18-10-13-21(26)23(14-18)34(32,33)29-19-11-8-17(3)9-12-19/h4-14,16,29H,15H2,1-3H3,(H,27,31)(H,28,30). The number of hydrogen-bond acceptors (Lipinski definition) is 4. The molecular formula is C25H26ClN3O4S. The van der Waals surface area contributed by atoms with Gasteiger partial charge in [0.2, 0.25) is 0 Å².